The van der Waals surface area contributed by atoms with Gasteiger partial charge in [0.05, 0.1) is 6.61 Å². The molecule has 0 saturated carbocycles. The lowest BCUT2D eigenvalue weighted by Crippen LogP contribution is -2.05. The smallest absolute Gasteiger partial charge is 0.357 e. The van der Waals surface area contributed by atoms with Crippen LogP contribution in [-0.4, -0.2) is 17.6 Å². The van der Waals surface area contributed by atoms with Gasteiger partial charge >= 0.3 is 11.2 Å². The van der Waals surface area contributed by atoms with Crippen LogP contribution in [0.1, 0.15) is 23.8 Å². The molecule has 65 valence electrons. The van der Waals surface area contributed by atoms with E-state index in [1.165, 1.54) is 5.38 Å². The SMILES string of the molecule is CCCOC(=O)c1csc([O])n1. The summed E-state index contributed by atoms with van der Waals surface area (Å²) in [6.07, 6.45) is 0.764. The average Bonchev–Trinajstić information content (AvgIpc) is 2.47. The maximum Gasteiger partial charge on any atom is 0.357 e. The third-order valence-electron chi connectivity index (χ3n) is 1.13. The summed E-state index contributed by atoms with van der Waals surface area (Å²) < 4.78 is 4.76. The molecule has 0 aliphatic rings. The lowest BCUT2D eigenvalue weighted by Gasteiger charge is -1.97. The standard InChI is InChI=1S/C7H8NO3S/c1-2-3-11-6(9)5-4-12-7(10)8-5/h4H,2-3H2,1H3. The Morgan fingerprint density at radius 3 is 3.00 bits per heavy atom. The molecule has 0 aromatic carbocycles. The number of carbonyl (C=O) groups is 1. The first-order valence-corrected chi connectivity index (χ1v) is 4.41. The first-order valence-electron chi connectivity index (χ1n) is 3.53. The van der Waals surface area contributed by atoms with Crippen molar-refractivity contribution < 1.29 is 14.6 Å². The molecule has 12 heavy (non-hydrogen) atoms. The Balaban J connectivity index is 2.53. The predicted octanol–water partition coefficient (Wildman–Crippen LogP) is 1.85. The van der Waals surface area contributed by atoms with Crippen molar-refractivity contribution in [1.82, 2.24) is 4.98 Å². The van der Waals surface area contributed by atoms with Gasteiger partial charge in [-0.3, -0.25) is 5.11 Å². The molecule has 1 aromatic rings. The summed E-state index contributed by atoms with van der Waals surface area (Å²) in [7, 11) is 0. The molecule has 0 unspecified atom stereocenters. The molecular formula is C7H8NO3S. The Morgan fingerprint density at radius 1 is 1.75 bits per heavy atom. The highest BCUT2D eigenvalue weighted by atomic mass is 32.1. The van der Waals surface area contributed by atoms with Gasteiger partial charge in [0.25, 0.3) is 0 Å². The molecule has 4 nitrogen and oxygen atoms in total. The van der Waals surface area contributed by atoms with Crippen LogP contribution in [0.15, 0.2) is 5.38 Å². The van der Waals surface area contributed by atoms with Crippen molar-refractivity contribution in [1.29, 1.82) is 0 Å². The van der Waals surface area contributed by atoms with Gasteiger partial charge in [-0.1, -0.05) is 18.3 Å². The molecule has 5 heteroatoms. The molecule has 0 spiro atoms. The summed E-state index contributed by atoms with van der Waals surface area (Å²) in [4.78, 5) is 14.5. The molecule has 0 aliphatic carbocycles. The maximum absolute atomic E-state index is 11.0. The summed E-state index contributed by atoms with van der Waals surface area (Å²) in [5, 5.41) is 11.6. The molecule has 0 N–H and O–H groups in total. The number of nitrogens with zero attached hydrogens (tertiary/aromatic N) is 1. The van der Waals surface area contributed by atoms with E-state index in [0.717, 1.165) is 17.8 Å². The third kappa shape index (κ3) is 2.20. The second-order valence-electron chi connectivity index (χ2n) is 2.13. The van der Waals surface area contributed by atoms with Gasteiger partial charge in [0.2, 0.25) is 0 Å². The Morgan fingerprint density at radius 2 is 2.50 bits per heavy atom. The maximum atomic E-state index is 11.0. The number of thiazole rings is 1. The van der Waals surface area contributed by atoms with Crippen molar-refractivity contribution in [3.05, 3.63) is 11.1 Å². The zero-order valence-electron chi connectivity index (χ0n) is 6.57. The Hall–Kier alpha value is -1.10. The van der Waals surface area contributed by atoms with E-state index in [0.29, 0.717) is 6.61 Å². The van der Waals surface area contributed by atoms with Crippen molar-refractivity contribution >= 4 is 17.3 Å². The number of rotatable bonds is 3. The zero-order chi connectivity index (χ0) is 8.97. The van der Waals surface area contributed by atoms with Gasteiger partial charge in [-0.2, -0.15) is 4.98 Å². The van der Waals surface area contributed by atoms with E-state index in [2.05, 4.69) is 4.98 Å². The fourth-order valence-corrected chi connectivity index (χ4v) is 1.13. The van der Waals surface area contributed by atoms with Crippen LogP contribution >= 0.6 is 11.3 Å². The second kappa shape index (κ2) is 4.06. The highest BCUT2D eigenvalue weighted by molar-refractivity contribution is 7.11. The van der Waals surface area contributed by atoms with Crippen molar-refractivity contribution in [2.75, 3.05) is 6.61 Å². The van der Waals surface area contributed by atoms with Gasteiger partial charge in [0, 0.05) is 5.38 Å². The van der Waals surface area contributed by atoms with Crippen LogP contribution in [0.5, 0.6) is 5.19 Å². The monoisotopic (exact) mass is 186 g/mol. The summed E-state index contributed by atoms with van der Waals surface area (Å²) in [5.41, 5.74) is 0.110. The van der Waals surface area contributed by atoms with E-state index < -0.39 is 5.97 Å². The van der Waals surface area contributed by atoms with Crippen molar-refractivity contribution in [2.45, 2.75) is 13.3 Å². The number of esters is 1. The van der Waals surface area contributed by atoms with Gasteiger partial charge in [-0.15, -0.1) is 0 Å². The van der Waals surface area contributed by atoms with E-state index in [4.69, 9.17) is 4.74 Å². The number of carbonyl (C=O) groups excluding carboxylic acids is 1. The van der Waals surface area contributed by atoms with Crippen LogP contribution < -0.4 is 0 Å². The van der Waals surface area contributed by atoms with Gasteiger partial charge in [-0.25, -0.2) is 4.79 Å². The molecule has 0 fully saturated rings. The minimum Gasteiger partial charge on any atom is -0.461 e. The van der Waals surface area contributed by atoms with Crippen LogP contribution in [0.25, 0.3) is 0 Å². The average molecular weight is 186 g/mol. The third-order valence-corrected chi connectivity index (χ3v) is 1.76. The van der Waals surface area contributed by atoms with Gasteiger partial charge in [0.1, 0.15) is 0 Å². The molecule has 0 saturated heterocycles. The highest BCUT2D eigenvalue weighted by Gasteiger charge is 2.11. The molecular weight excluding hydrogens is 178 g/mol. The molecule has 1 aromatic heterocycles. The molecule has 1 radical (unpaired) electrons. The van der Waals surface area contributed by atoms with Crippen LogP contribution in [-0.2, 0) is 9.84 Å². The predicted molar refractivity (Wildman–Crippen MR) is 42.8 cm³/mol. The lowest BCUT2D eigenvalue weighted by molar-refractivity contribution is 0.0498. The van der Waals surface area contributed by atoms with Crippen LogP contribution in [0.2, 0.25) is 0 Å². The number of hydrogen-bond acceptors (Lipinski definition) is 4. The molecule has 0 aliphatic heterocycles. The fraction of sp³-hybridized carbons (Fsp3) is 0.429. The first-order chi connectivity index (χ1) is 5.74. The van der Waals surface area contributed by atoms with Gasteiger partial charge in [0.15, 0.2) is 5.69 Å². The fourth-order valence-electron chi connectivity index (χ4n) is 0.620. The van der Waals surface area contributed by atoms with E-state index >= 15 is 0 Å². The summed E-state index contributed by atoms with van der Waals surface area (Å²) in [6.45, 7) is 2.26. The first kappa shape index (κ1) is 8.99. The highest BCUT2D eigenvalue weighted by Crippen LogP contribution is 2.16. The molecule has 0 atom stereocenters. The molecule has 1 rings (SSSR count). The zero-order valence-corrected chi connectivity index (χ0v) is 7.39. The minimum absolute atomic E-state index is 0.110. The Kier molecular flexibility index (Phi) is 3.04. The van der Waals surface area contributed by atoms with Crippen molar-refractivity contribution in [3.8, 4) is 5.19 Å². The summed E-state index contributed by atoms with van der Waals surface area (Å²) in [6, 6.07) is 0. The van der Waals surface area contributed by atoms with Gasteiger partial charge in [-0.05, 0) is 6.42 Å². The van der Waals surface area contributed by atoms with E-state index in [-0.39, 0.29) is 10.9 Å². The van der Waals surface area contributed by atoms with E-state index in [1.54, 1.807) is 0 Å². The van der Waals surface area contributed by atoms with E-state index in [1.807, 2.05) is 6.92 Å². The largest absolute Gasteiger partial charge is 0.461 e. The lowest BCUT2D eigenvalue weighted by atomic mass is 10.5. The van der Waals surface area contributed by atoms with Crippen LogP contribution in [0.4, 0.5) is 0 Å². The normalized spacial score (nSPS) is 9.75. The molecule has 0 bridgehead atoms. The number of hydrogen-bond donors (Lipinski definition) is 0. The van der Waals surface area contributed by atoms with Crippen molar-refractivity contribution in [3.63, 3.8) is 0 Å². The summed E-state index contributed by atoms with van der Waals surface area (Å²) >= 11 is 0.899. The Labute approximate surface area is 73.8 Å². The topological polar surface area (TPSA) is 59.1 Å². The second-order valence-corrected chi connectivity index (χ2v) is 2.96. The Bertz CT molecular complexity index is 271. The quantitative estimate of drug-likeness (QED) is 0.677. The van der Waals surface area contributed by atoms with E-state index in [9.17, 15) is 9.90 Å². The molecule has 1 heterocycles. The molecule has 0 amide bonds. The van der Waals surface area contributed by atoms with Crippen molar-refractivity contribution in [2.24, 2.45) is 0 Å². The van der Waals surface area contributed by atoms with Crippen LogP contribution in [0.3, 0.4) is 0 Å². The minimum atomic E-state index is -0.518. The number of ether oxygens (including phenoxy) is 1. The van der Waals surface area contributed by atoms with Crippen LogP contribution in [0, 0.1) is 0 Å². The summed E-state index contributed by atoms with van der Waals surface area (Å²) in [5.74, 6) is -0.518. The van der Waals surface area contributed by atoms with Gasteiger partial charge < -0.3 is 4.74 Å². The number of aromatic nitrogens is 1.